The SMILES string of the molecule is COC(=O)[C@@H]1O[C@@H](Cc2ccc(CBr)cc2)[C@@H](OC(C)=O)[C@H](OC(C)=O)[C@H]1OC(C)=O. The summed E-state index contributed by atoms with van der Waals surface area (Å²) in [6, 6.07) is 7.57. The second-order valence-electron chi connectivity index (χ2n) is 6.99. The van der Waals surface area contributed by atoms with E-state index in [4.69, 9.17) is 23.7 Å². The van der Waals surface area contributed by atoms with Crippen LogP contribution in [0.2, 0.25) is 0 Å². The van der Waals surface area contributed by atoms with Crippen molar-refractivity contribution in [3.63, 3.8) is 0 Å². The number of hydrogen-bond acceptors (Lipinski definition) is 9. The van der Waals surface area contributed by atoms with E-state index in [1.165, 1.54) is 6.92 Å². The molecule has 0 bridgehead atoms. The van der Waals surface area contributed by atoms with Gasteiger partial charge in [0.25, 0.3) is 0 Å². The predicted octanol–water partition coefficient (Wildman–Crippen LogP) is 1.86. The van der Waals surface area contributed by atoms with Crippen LogP contribution in [0.3, 0.4) is 0 Å². The second kappa shape index (κ2) is 11.2. The lowest BCUT2D eigenvalue weighted by Crippen LogP contribution is -2.63. The Hall–Kier alpha value is -2.46. The molecule has 1 heterocycles. The summed E-state index contributed by atoms with van der Waals surface area (Å²) in [4.78, 5) is 47.7. The van der Waals surface area contributed by atoms with Gasteiger partial charge in [-0.15, -0.1) is 0 Å². The van der Waals surface area contributed by atoms with Crippen LogP contribution in [-0.4, -0.2) is 61.5 Å². The van der Waals surface area contributed by atoms with Gasteiger partial charge in [0.1, 0.15) is 6.10 Å². The van der Waals surface area contributed by atoms with Gasteiger partial charge in [-0.2, -0.15) is 0 Å². The fourth-order valence-electron chi connectivity index (χ4n) is 3.36. The van der Waals surface area contributed by atoms with Crippen molar-refractivity contribution in [2.75, 3.05) is 7.11 Å². The molecule has 0 N–H and O–H groups in total. The van der Waals surface area contributed by atoms with E-state index in [-0.39, 0.29) is 6.42 Å². The fourth-order valence-corrected chi connectivity index (χ4v) is 3.74. The molecule has 31 heavy (non-hydrogen) atoms. The van der Waals surface area contributed by atoms with Crippen molar-refractivity contribution in [2.24, 2.45) is 0 Å². The zero-order chi connectivity index (χ0) is 23.1. The molecule has 0 spiro atoms. The van der Waals surface area contributed by atoms with Crippen molar-refractivity contribution in [2.45, 2.75) is 63.0 Å². The molecule has 1 aromatic carbocycles. The van der Waals surface area contributed by atoms with Crippen LogP contribution in [0.1, 0.15) is 31.9 Å². The van der Waals surface area contributed by atoms with Gasteiger partial charge in [-0.25, -0.2) is 4.79 Å². The van der Waals surface area contributed by atoms with Crippen molar-refractivity contribution in [1.29, 1.82) is 0 Å². The highest BCUT2D eigenvalue weighted by Gasteiger charge is 2.54. The van der Waals surface area contributed by atoms with E-state index in [1.54, 1.807) is 0 Å². The zero-order valence-electron chi connectivity index (χ0n) is 17.7. The first-order valence-electron chi connectivity index (χ1n) is 9.55. The van der Waals surface area contributed by atoms with Crippen molar-refractivity contribution in [1.82, 2.24) is 0 Å². The third-order valence-corrected chi connectivity index (χ3v) is 5.24. The molecule has 1 saturated heterocycles. The number of esters is 4. The molecular weight excluding hydrogens is 476 g/mol. The molecule has 1 aliphatic rings. The number of ether oxygens (including phenoxy) is 5. The smallest absolute Gasteiger partial charge is 0.339 e. The van der Waals surface area contributed by atoms with E-state index in [9.17, 15) is 19.2 Å². The number of carbonyl (C=O) groups is 4. The lowest BCUT2D eigenvalue weighted by atomic mass is 9.90. The van der Waals surface area contributed by atoms with Crippen LogP contribution in [-0.2, 0) is 54.6 Å². The summed E-state index contributed by atoms with van der Waals surface area (Å²) < 4.78 is 26.7. The van der Waals surface area contributed by atoms with E-state index in [2.05, 4.69) is 15.9 Å². The molecule has 0 aliphatic carbocycles. The molecule has 0 unspecified atom stereocenters. The summed E-state index contributed by atoms with van der Waals surface area (Å²) in [5, 5.41) is 0.687. The monoisotopic (exact) mass is 500 g/mol. The molecule has 170 valence electrons. The Morgan fingerprint density at radius 3 is 1.81 bits per heavy atom. The number of alkyl halides is 1. The Balaban J connectivity index is 2.46. The molecule has 0 radical (unpaired) electrons. The largest absolute Gasteiger partial charge is 0.467 e. The first-order valence-corrected chi connectivity index (χ1v) is 10.7. The molecule has 1 aliphatic heterocycles. The van der Waals surface area contributed by atoms with Crippen LogP contribution in [0.5, 0.6) is 0 Å². The molecular formula is C21H25BrO9. The number of rotatable bonds is 7. The van der Waals surface area contributed by atoms with Crippen LogP contribution in [0.4, 0.5) is 0 Å². The molecule has 10 heteroatoms. The van der Waals surface area contributed by atoms with Crippen LogP contribution in [0, 0.1) is 0 Å². The van der Waals surface area contributed by atoms with Crippen LogP contribution < -0.4 is 0 Å². The third kappa shape index (κ3) is 6.76. The first-order chi connectivity index (χ1) is 14.7. The lowest BCUT2D eigenvalue weighted by Gasteiger charge is -2.43. The molecule has 0 amide bonds. The van der Waals surface area contributed by atoms with Gasteiger partial charge in [-0.05, 0) is 11.1 Å². The molecule has 0 aromatic heterocycles. The van der Waals surface area contributed by atoms with Crippen LogP contribution in [0.15, 0.2) is 24.3 Å². The first kappa shape index (κ1) is 24.8. The average Bonchev–Trinajstić information content (AvgIpc) is 2.71. The minimum Gasteiger partial charge on any atom is -0.467 e. The minimum atomic E-state index is -1.38. The van der Waals surface area contributed by atoms with E-state index in [0.29, 0.717) is 5.33 Å². The Kier molecular flexibility index (Phi) is 9.00. The zero-order valence-corrected chi connectivity index (χ0v) is 19.2. The van der Waals surface area contributed by atoms with Crippen molar-refractivity contribution in [3.05, 3.63) is 35.4 Å². The number of hydrogen-bond donors (Lipinski definition) is 0. The maximum absolute atomic E-state index is 12.4. The number of methoxy groups -OCH3 is 1. The van der Waals surface area contributed by atoms with Gasteiger partial charge in [0.15, 0.2) is 24.4 Å². The number of carbonyl (C=O) groups excluding carboxylic acids is 4. The number of benzene rings is 1. The maximum atomic E-state index is 12.4. The third-order valence-electron chi connectivity index (χ3n) is 4.59. The van der Waals surface area contributed by atoms with Crippen molar-refractivity contribution >= 4 is 39.8 Å². The molecule has 2 rings (SSSR count). The standard InChI is InChI=1S/C21H25BrO9/c1-11(23)28-17-16(9-14-5-7-15(10-22)8-6-14)31-20(21(26)27-4)19(30-13(3)25)18(17)29-12(2)24/h5-8,16-20H,9-10H2,1-4H3/t16-,17+,18-,19+,20+/m0/s1. The van der Waals surface area contributed by atoms with E-state index in [1.807, 2.05) is 24.3 Å². The molecule has 0 saturated carbocycles. The number of halogens is 1. The van der Waals surface area contributed by atoms with Crippen LogP contribution in [0.25, 0.3) is 0 Å². The van der Waals surface area contributed by atoms with Crippen LogP contribution >= 0.6 is 15.9 Å². The van der Waals surface area contributed by atoms with E-state index >= 15 is 0 Å². The highest BCUT2D eigenvalue weighted by atomic mass is 79.9. The second-order valence-corrected chi connectivity index (χ2v) is 7.56. The summed E-state index contributed by atoms with van der Waals surface area (Å²) in [7, 11) is 1.16. The topological polar surface area (TPSA) is 114 Å². The van der Waals surface area contributed by atoms with Crippen molar-refractivity contribution in [3.8, 4) is 0 Å². The van der Waals surface area contributed by atoms with Gasteiger partial charge in [0.2, 0.25) is 0 Å². The predicted molar refractivity (Wildman–Crippen MR) is 110 cm³/mol. The summed E-state index contributed by atoms with van der Waals surface area (Å²) in [6.45, 7) is 3.49. The van der Waals surface area contributed by atoms with Gasteiger partial charge in [-0.3, -0.25) is 14.4 Å². The maximum Gasteiger partial charge on any atom is 0.339 e. The van der Waals surface area contributed by atoms with Gasteiger partial charge >= 0.3 is 23.9 Å². The van der Waals surface area contributed by atoms with Gasteiger partial charge in [0.05, 0.1) is 7.11 Å². The molecule has 1 fully saturated rings. The van der Waals surface area contributed by atoms with Gasteiger partial charge in [-0.1, -0.05) is 40.2 Å². The highest BCUT2D eigenvalue weighted by molar-refractivity contribution is 9.08. The Bertz CT molecular complexity index is 808. The summed E-state index contributed by atoms with van der Waals surface area (Å²) in [6.07, 6.45) is -5.77. The average molecular weight is 501 g/mol. The summed E-state index contributed by atoms with van der Waals surface area (Å²) in [5.74, 6) is -2.90. The minimum absolute atomic E-state index is 0.235. The molecule has 1 aromatic rings. The van der Waals surface area contributed by atoms with Gasteiger partial charge in [0, 0.05) is 32.5 Å². The Morgan fingerprint density at radius 2 is 1.32 bits per heavy atom. The fraction of sp³-hybridized carbons (Fsp3) is 0.524. The normalized spacial score (nSPS) is 25.3. The van der Waals surface area contributed by atoms with Crippen molar-refractivity contribution < 1.29 is 42.9 Å². The highest BCUT2D eigenvalue weighted by Crippen LogP contribution is 2.31. The van der Waals surface area contributed by atoms with E-state index in [0.717, 1.165) is 32.1 Å². The molecule has 9 nitrogen and oxygen atoms in total. The summed E-state index contributed by atoms with van der Waals surface area (Å²) in [5.41, 5.74) is 1.90. The lowest BCUT2D eigenvalue weighted by molar-refractivity contribution is -0.248. The summed E-state index contributed by atoms with van der Waals surface area (Å²) >= 11 is 3.38. The van der Waals surface area contributed by atoms with E-state index < -0.39 is 54.4 Å². The Morgan fingerprint density at radius 1 is 0.839 bits per heavy atom. The Labute approximate surface area is 188 Å². The van der Waals surface area contributed by atoms with Gasteiger partial charge < -0.3 is 23.7 Å². The molecule has 5 atom stereocenters. The quantitative estimate of drug-likeness (QED) is 0.314.